The first kappa shape index (κ1) is 11.5. The van der Waals surface area contributed by atoms with Crippen LogP contribution in [0.4, 0.5) is 4.39 Å². The van der Waals surface area contributed by atoms with Crippen molar-refractivity contribution in [1.82, 2.24) is 9.97 Å². The second-order valence-electron chi connectivity index (χ2n) is 3.21. The Bertz CT molecular complexity index is 541. The molecule has 86 valence electrons. The highest BCUT2D eigenvalue weighted by molar-refractivity contribution is 7.99. The Morgan fingerprint density at radius 2 is 2.12 bits per heavy atom. The van der Waals surface area contributed by atoms with E-state index >= 15 is 0 Å². The largest absolute Gasteiger partial charge is 0.382 e. The maximum atomic E-state index is 12.9. The lowest BCUT2D eigenvalue weighted by molar-refractivity contribution is 0.624. The van der Waals surface area contributed by atoms with Gasteiger partial charge >= 0.3 is 0 Å². The second kappa shape index (κ2) is 4.92. The van der Waals surface area contributed by atoms with E-state index in [0.717, 1.165) is 4.90 Å². The Balaban J connectivity index is 2.16. The van der Waals surface area contributed by atoms with Crippen molar-refractivity contribution in [2.75, 3.05) is 0 Å². The van der Waals surface area contributed by atoms with Crippen molar-refractivity contribution in [2.24, 2.45) is 5.73 Å². The molecule has 0 aliphatic heterocycles. The number of hydrogen-bond acceptors (Lipinski definition) is 4. The van der Waals surface area contributed by atoms with Gasteiger partial charge in [-0.25, -0.2) is 14.4 Å². The quantitative estimate of drug-likeness (QED) is 0.644. The van der Waals surface area contributed by atoms with Crippen LogP contribution in [-0.4, -0.2) is 15.8 Å². The fourth-order valence-corrected chi connectivity index (χ4v) is 1.93. The zero-order valence-corrected chi connectivity index (χ0v) is 9.54. The highest BCUT2D eigenvalue weighted by Crippen LogP contribution is 2.25. The van der Waals surface area contributed by atoms with Crippen molar-refractivity contribution in [3.8, 4) is 0 Å². The summed E-state index contributed by atoms with van der Waals surface area (Å²) in [5.74, 6) is -0.414. The topological polar surface area (TPSA) is 75.7 Å². The molecular formula is C11H9FN4S. The molecule has 4 nitrogen and oxygen atoms in total. The molecule has 0 unspecified atom stereocenters. The number of rotatable bonds is 3. The SMILES string of the molecule is N=C(N)c1cnc(Sc2cccc(F)c2)cn1. The maximum absolute atomic E-state index is 12.9. The minimum absolute atomic E-state index is 0.125. The van der Waals surface area contributed by atoms with E-state index in [1.165, 1.54) is 36.3 Å². The zero-order chi connectivity index (χ0) is 12.3. The summed E-state index contributed by atoms with van der Waals surface area (Å²) in [6, 6.07) is 6.23. The van der Waals surface area contributed by atoms with Gasteiger partial charge in [0.05, 0.1) is 12.4 Å². The number of hydrogen-bond donors (Lipinski definition) is 2. The molecule has 2 rings (SSSR count). The smallest absolute Gasteiger partial charge is 0.143 e. The third-order valence-electron chi connectivity index (χ3n) is 1.92. The van der Waals surface area contributed by atoms with Gasteiger partial charge in [0.25, 0.3) is 0 Å². The van der Waals surface area contributed by atoms with Crippen molar-refractivity contribution in [3.63, 3.8) is 0 Å². The molecule has 0 aliphatic rings. The molecule has 0 radical (unpaired) electrons. The van der Waals surface area contributed by atoms with Gasteiger partial charge in [-0.15, -0.1) is 0 Å². The third kappa shape index (κ3) is 3.01. The first-order valence-corrected chi connectivity index (χ1v) is 5.56. The number of aromatic nitrogens is 2. The van der Waals surface area contributed by atoms with Gasteiger partial charge in [0.2, 0.25) is 0 Å². The van der Waals surface area contributed by atoms with Crippen LogP contribution in [0.1, 0.15) is 5.69 Å². The predicted molar refractivity (Wildman–Crippen MR) is 63.6 cm³/mol. The fourth-order valence-electron chi connectivity index (χ4n) is 1.16. The molecule has 3 N–H and O–H groups in total. The molecule has 0 amide bonds. The molecule has 0 fully saturated rings. The molecule has 0 saturated carbocycles. The van der Waals surface area contributed by atoms with Gasteiger partial charge < -0.3 is 5.73 Å². The van der Waals surface area contributed by atoms with E-state index in [1.807, 2.05) is 0 Å². The summed E-state index contributed by atoms with van der Waals surface area (Å²) in [7, 11) is 0. The van der Waals surface area contributed by atoms with Gasteiger partial charge in [-0.3, -0.25) is 5.41 Å². The van der Waals surface area contributed by atoms with E-state index in [2.05, 4.69) is 9.97 Å². The van der Waals surface area contributed by atoms with Crippen molar-refractivity contribution in [3.05, 3.63) is 48.2 Å². The number of nitrogens with one attached hydrogen (secondary N) is 1. The highest BCUT2D eigenvalue weighted by Gasteiger charge is 2.02. The van der Waals surface area contributed by atoms with Crippen LogP contribution in [0.2, 0.25) is 0 Å². The van der Waals surface area contributed by atoms with E-state index in [4.69, 9.17) is 11.1 Å². The van der Waals surface area contributed by atoms with Gasteiger partial charge in [-0.1, -0.05) is 17.8 Å². The molecule has 0 atom stereocenters. The summed E-state index contributed by atoms with van der Waals surface area (Å²) in [4.78, 5) is 8.80. The Morgan fingerprint density at radius 3 is 2.71 bits per heavy atom. The average molecular weight is 248 g/mol. The molecule has 0 bridgehead atoms. The summed E-state index contributed by atoms with van der Waals surface area (Å²) >= 11 is 1.30. The van der Waals surface area contributed by atoms with Crippen LogP contribution < -0.4 is 5.73 Å². The Labute approximate surface area is 102 Å². The van der Waals surface area contributed by atoms with Gasteiger partial charge in [-0.2, -0.15) is 0 Å². The standard InChI is InChI=1S/C11H9FN4S/c12-7-2-1-3-8(4-7)17-10-6-15-9(5-16-10)11(13)14/h1-6H,(H3,13,14). The number of nitrogens with zero attached hydrogens (tertiary/aromatic N) is 2. The van der Waals surface area contributed by atoms with Gasteiger partial charge in [0.1, 0.15) is 22.4 Å². The Hall–Kier alpha value is -1.95. The second-order valence-corrected chi connectivity index (χ2v) is 4.31. The number of nitrogens with two attached hydrogens (primary N) is 1. The molecule has 2 aromatic rings. The average Bonchev–Trinajstić information content (AvgIpc) is 2.29. The van der Waals surface area contributed by atoms with Crippen LogP contribution in [0.5, 0.6) is 0 Å². The van der Waals surface area contributed by atoms with E-state index in [9.17, 15) is 4.39 Å². The highest BCUT2D eigenvalue weighted by atomic mass is 32.2. The number of benzene rings is 1. The van der Waals surface area contributed by atoms with Crippen molar-refractivity contribution in [1.29, 1.82) is 5.41 Å². The van der Waals surface area contributed by atoms with E-state index in [0.29, 0.717) is 10.7 Å². The minimum atomic E-state index is -0.289. The van der Waals surface area contributed by atoms with Crippen LogP contribution in [-0.2, 0) is 0 Å². The first-order valence-electron chi connectivity index (χ1n) is 4.75. The number of halogens is 1. The van der Waals surface area contributed by atoms with E-state index in [1.54, 1.807) is 12.1 Å². The van der Waals surface area contributed by atoms with Crippen LogP contribution in [0.15, 0.2) is 46.6 Å². The summed E-state index contributed by atoms with van der Waals surface area (Å²) < 4.78 is 12.9. The molecule has 1 aromatic carbocycles. The monoisotopic (exact) mass is 248 g/mol. The lowest BCUT2D eigenvalue weighted by Gasteiger charge is -2.01. The summed E-state index contributed by atoms with van der Waals surface area (Å²) in [5.41, 5.74) is 5.59. The van der Waals surface area contributed by atoms with Crippen LogP contribution >= 0.6 is 11.8 Å². The van der Waals surface area contributed by atoms with E-state index in [-0.39, 0.29) is 11.7 Å². The van der Waals surface area contributed by atoms with Crippen LogP contribution in [0.25, 0.3) is 0 Å². The lowest BCUT2D eigenvalue weighted by atomic mass is 10.4. The normalized spacial score (nSPS) is 10.2. The predicted octanol–water partition coefficient (Wildman–Crippen LogP) is 2.05. The number of amidine groups is 1. The molecule has 0 saturated heterocycles. The molecular weight excluding hydrogens is 239 g/mol. The molecule has 0 spiro atoms. The number of nitrogen functional groups attached to an aromatic ring is 1. The Morgan fingerprint density at radius 1 is 1.29 bits per heavy atom. The summed E-state index contributed by atoms with van der Waals surface area (Å²) in [6.07, 6.45) is 2.93. The van der Waals surface area contributed by atoms with Crippen molar-refractivity contribution in [2.45, 2.75) is 9.92 Å². The zero-order valence-electron chi connectivity index (χ0n) is 8.72. The van der Waals surface area contributed by atoms with Gasteiger partial charge in [0.15, 0.2) is 0 Å². The lowest BCUT2D eigenvalue weighted by Crippen LogP contribution is -2.13. The maximum Gasteiger partial charge on any atom is 0.143 e. The summed E-state index contributed by atoms with van der Waals surface area (Å²) in [5, 5.41) is 7.80. The molecule has 17 heavy (non-hydrogen) atoms. The minimum Gasteiger partial charge on any atom is -0.382 e. The van der Waals surface area contributed by atoms with Crippen molar-refractivity contribution < 1.29 is 4.39 Å². The van der Waals surface area contributed by atoms with Gasteiger partial charge in [-0.05, 0) is 18.2 Å². The molecule has 6 heteroatoms. The van der Waals surface area contributed by atoms with Gasteiger partial charge in [0, 0.05) is 4.90 Å². The summed E-state index contributed by atoms with van der Waals surface area (Å²) in [6.45, 7) is 0. The molecule has 0 aliphatic carbocycles. The fraction of sp³-hybridized carbons (Fsp3) is 0. The Kier molecular flexibility index (Phi) is 3.34. The first-order chi connectivity index (χ1) is 8.15. The van der Waals surface area contributed by atoms with Crippen molar-refractivity contribution >= 4 is 17.6 Å². The third-order valence-corrected chi connectivity index (χ3v) is 2.83. The van der Waals surface area contributed by atoms with Crippen LogP contribution in [0.3, 0.4) is 0 Å². The van der Waals surface area contributed by atoms with E-state index < -0.39 is 0 Å². The molecule has 1 heterocycles. The molecule has 1 aromatic heterocycles. The van der Waals surface area contributed by atoms with Crippen LogP contribution in [0, 0.1) is 11.2 Å².